The van der Waals surface area contributed by atoms with E-state index in [-0.39, 0.29) is 11.5 Å². The number of hydrogen-bond donors (Lipinski definition) is 3. The lowest BCUT2D eigenvalue weighted by molar-refractivity contribution is 0.0289. The SMILES string of the molecule is CC1(O)Cc2c3c(c(O)c(O)c21)CCC3. The van der Waals surface area contributed by atoms with Crippen molar-refractivity contribution in [2.75, 3.05) is 0 Å². The minimum absolute atomic E-state index is 0.0128. The summed E-state index contributed by atoms with van der Waals surface area (Å²) in [5, 5.41) is 29.6. The molecule has 0 fully saturated rings. The van der Waals surface area contributed by atoms with Gasteiger partial charge in [0.15, 0.2) is 11.5 Å². The zero-order valence-electron chi connectivity index (χ0n) is 8.67. The van der Waals surface area contributed by atoms with E-state index in [4.69, 9.17) is 0 Å². The quantitative estimate of drug-likeness (QED) is 0.561. The summed E-state index contributed by atoms with van der Waals surface area (Å²) >= 11 is 0. The molecule has 0 saturated carbocycles. The molecule has 0 aromatic heterocycles. The first-order valence-electron chi connectivity index (χ1n) is 5.34. The Morgan fingerprint density at radius 3 is 2.33 bits per heavy atom. The molecule has 2 aliphatic carbocycles. The van der Waals surface area contributed by atoms with Crippen molar-refractivity contribution in [2.24, 2.45) is 0 Å². The van der Waals surface area contributed by atoms with Gasteiger partial charge in [0, 0.05) is 17.5 Å². The van der Waals surface area contributed by atoms with Gasteiger partial charge in [-0.05, 0) is 37.3 Å². The fourth-order valence-electron chi connectivity index (χ4n) is 2.99. The highest BCUT2D eigenvalue weighted by Crippen LogP contribution is 2.53. The topological polar surface area (TPSA) is 60.7 Å². The number of hydrogen-bond acceptors (Lipinski definition) is 3. The molecule has 3 N–H and O–H groups in total. The third kappa shape index (κ3) is 0.939. The number of benzene rings is 1. The number of aliphatic hydroxyl groups is 1. The second-order valence-corrected chi connectivity index (χ2v) is 4.81. The molecule has 2 aliphatic rings. The Balaban J connectivity index is 2.33. The van der Waals surface area contributed by atoms with Crippen LogP contribution in [0.25, 0.3) is 0 Å². The molecule has 0 heterocycles. The van der Waals surface area contributed by atoms with Gasteiger partial charge in [-0.25, -0.2) is 0 Å². The maximum Gasteiger partial charge on any atom is 0.164 e. The van der Waals surface area contributed by atoms with Crippen LogP contribution >= 0.6 is 0 Å². The minimum atomic E-state index is -0.964. The summed E-state index contributed by atoms with van der Waals surface area (Å²) in [4.78, 5) is 0. The normalized spacial score (nSPS) is 27.1. The van der Waals surface area contributed by atoms with E-state index in [2.05, 4.69) is 0 Å². The highest BCUT2D eigenvalue weighted by atomic mass is 16.3. The van der Waals surface area contributed by atoms with Crippen molar-refractivity contribution >= 4 is 0 Å². The first-order valence-corrected chi connectivity index (χ1v) is 5.34. The van der Waals surface area contributed by atoms with E-state index < -0.39 is 5.60 Å². The van der Waals surface area contributed by atoms with Crippen LogP contribution < -0.4 is 0 Å². The van der Waals surface area contributed by atoms with Crippen LogP contribution in [0.3, 0.4) is 0 Å². The van der Waals surface area contributed by atoms with Crippen LogP contribution in [0, 0.1) is 0 Å². The lowest BCUT2D eigenvalue weighted by atomic mass is 9.71. The second kappa shape index (κ2) is 2.47. The van der Waals surface area contributed by atoms with Gasteiger partial charge in [-0.3, -0.25) is 0 Å². The van der Waals surface area contributed by atoms with Crippen LogP contribution in [0.5, 0.6) is 11.5 Å². The summed E-state index contributed by atoms with van der Waals surface area (Å²) in [5.74, 6) is -0.122. The molecule has 80 valence electrons. The van der Waals surface area contributed by atoms with Gasteiger partial charge in [-0.1, -0.05) is 0 Å². The van der Waals surface area contributed by atoms with Crippen molar-refractivity contribution in [1.29, 1.82) is 0 Å². The van der Waals surface area contributed by atoms with Gasteiger partial charge >= 0.3 is 0 Å². The van der Waals surface area contributed by atoms with E-state index in [1.807, 2.05) is 0 Å². The molecule has 3 rings (SSSR count). The predicted molar refractivity (Wildman–Crippen MR) is 55.1 cm³/mol. The van der Waals surface area contributed by atoms with E-state index in [1.54, 1.807) is 6.92 Å². The Labute approximate surface area is 88.0 Å². The van der Waals surface area contributed by atoms with Crippen molar-refractivity contribution in [3.05, 3.63) is 22.3 Å². The van der Waals surface area contributed by atoms with Crippen molar-refractivity contribution in [1.82, 2.24) is 0 Å². The van der Waals surface area contributed by atoms with Crippen LogP contribution in [0.1, 0.15) is 35.6 Å². The molecular weight excluding hydrogens is 192 g/mol. The molecule has 1 aromatic rings. The maximum atomic E-state index is 9.93. The second-order valence-electron chi connectivity index (χ2n) is 4.81. The number of rotatable bonds is 0. The summed E-state index contributed by atoms with van der Waals surface area (Å²) in [6.45, 7) is 1.68. The van der Waals surface area contributed by atoms with E-state index >= 15 is 0 Å². The molecule has 0 saturated heterocycles. The summed E-state index contributed by atoms with van der Waals surface area (Å²) in [6, 6.07) is 0. The number of phenols is 2. The van der Waals surface area contributed by atoms with Crippen molar-refractivity contribution < 1.29 is 15.3 Å². The van der Waals surface area contributed by atoms with E-state index in [9.17, 15) is 15.3 Å². The Morgan fingerprint density at radius 2 is 1.67 bits per heavy atom. The Kier molecular flexibility index (Phi) is 1.49. The van der Waals surface area contributed by atoms with Gasteiger partial charge in [0.05, 0.1) is 5.60 Å². The predicted octanol–water partition coefficient (Wildman–Crippen LogP) is 1.35. The van der Waals surface area contributed by atoms with E-state index in [1.165, 1.54) is 0 Å². The number of fused-ring (bicyclic) bond motifs is 3. The summed E-state index contributed by atoms with van der Waals surface area (Å²) in [5.41, 5.74) is 2.69. The smallest absolute Gasteiger partial charge is 0.164 e. The summed E-state index contributed by atoms with van der Waals surface area (Å²) in [6.07, 6.45) is 3.42. The molecule has 0 radical (unpaired) electrons. The van der Waals surface area contributed by atoms with Crippen molar-refractivity contribution in [2.45, 2.75) is 38.2 Å². The van der Waals surface area contributed by atoms with Crippen molar-refractivity contribution in [3.8, 4) is 11.5 Å². The van der Waals surface area contributed by atoms with Gasteiger partial charge in [0.2, 0.25) is 0 Å². The van der Waals surface area contributed by atoms with Gasteiger partial charge in [0.25, 0.3) is 0 Å². The fraction of sp³-hybridized carbons (Fsp3) is 0.500. The molecule has 0 aliphatic heterocycles. The van der Waals surface area contributed by atoms with E-state index in [0.29, 0.717) is 12.0 Å². The fourth-order valence-corrected chi connectivity index (χ4v) is 2.99. The minimum Gasteiger partial charge on any atom is -0.504 e. The van der Waals surface area contributed by atoms with E-state index in [0.717, 1.165) is 36.0 Å². The average Bonchev–Trinajstić information content (AvgIpc) is 2.60. The Bertz CT molecular complexity index is 461. The summed E-state index contributed by atoms with van der Waals surface area (Å²) in [7, 11) is 0. The Hall–Kier alpha value is -1.22. The van der Waals surface area contributed by atoms with Crippen molar-refractivity contribution in [3.63, 3.8) is 0 Å². The van der Waals surface area contributed by atoms with Gasteiger partial charge in [0.1, 0.15) is 0 Å². The molecule has 3 nitrogen and oxygen atoms in total. The number of aromatic hydroxyl groups is 2. The van der Waals surface area contributed by atoms with Crippen LogP contribution in [0.4, 0.5) is 0 Å². The third-order valence-corrected chi connectivity index (χ3v) is 3.69. The molecule has 1 unspecified atom stereocenters. The zero-order chi connectivity index (χ0) is 10.8. The van der Waals surface area contributed by atoms with Crippen LogP contribution in [-0.2, 0) is 24.9 Å². The monoisotopic (exact) mass is 206 g/mol. The van der Waals surface area contributed by atoms with Gasteiger partial charge in [-0.15, -0.1) is 0 Å². The molecule has 3 heteroatoms. The molecule has 1 aromatic carbocycles. The highest BCUT2D eigenvalue weighted by Gasteiger charge is 2.44. The molecule has 1 atom stereocenters. The largest absolute Gasteiger partial charge is 0.504 e. The molecule has 15 heavy (non-hydrogen) atoms. The Morgan fingerprint density at radius 1 is 1.00 bits per heavy atom. The number of phenolic OH excluding ortho intramolecular Hbond substituents is 2. The standard InChI is InChI=1S/C12H14O3/c1-12(15)5-8-6-3-2-4-7(6)10(13)11(14)9(8)12/h13-15H,2-5H2,1H3. The lowest BCUT2D eigenvalue weighted by Crippen LogP contribution is -2.36. The molecule has 0 spiro atoms. The highest BCUT2D eigenvalue weighted by molar-refractivity contribution is 5.65. The lowest BCUT2D eigenvalue weighted by Gasteiger charge is -2.39. The third-order valence-electron chi connectivity index (χ3n) is 3.69. The first kappa shape index (κ1) is 9.04. The van der Waals surface area contributed by atoms with Crippen LogP contribution in [0.15, 0.2) is 0 Å². The van der Waals surface area contributed by atoms with Crippen LogP contribution in [0.2, 0.25) is 0 Å². The van der Waals surface area contributed by atoms with Crippen LogP contribution in [-0.4, -0.2) is 15.3 Å². The first-order chi connectivity index (χ1) is 7.02. The average molecular weight is 206 g/mol. The molecule has 0 amide bonds. The molecule has 0 bridgehead atoms. The molecular formula is C12H14O3. The van der Waals surface area contributed by atoms with Gasteiger partial charge < -0.3 is 15.3 Å². The maximum absolute atomic E-state index is 9.93. The van der Waals surface area contributed by atoms with Gasteiger partial charge in [-0.2, -0.15) is 0 Å². The zero-order valence-corrected chi connectivity index (χ0v) is 8.67. The summed E-state index contributed by atoms with van der Waals surface area (Å²) < 4.78 is 0.